The lowest BCUT2D eigenvalue weighted by molar-refractivity contribution is -0.385. The predicted octanol–water partition coefficient (Wildman–Crippen LogP) is 2.17. The number of halogens is 1. The standard InChI is InChI=1S/C11H17ClN4O3/c1-6(2)8(4-5-17)14-10-9(16(18)19)7(3)13-11(12)15-10/h6,8,17H,4-5H2,1-3H3,(H,13,14,15). The van der Waals surface area contributed by atoms with Crippen molar-refractivity contribution in [3.05, 3.63) is 21.1 Å². The first-order valence-electron chi connectivity index (χ1n) is 5.92. The number of hydrogen-bond acceptors (Lipinski definition) is 6. The van der Waals surface area contributed by atoms with Gasteiger partial charge in [0.05, 0.1) is 4.92 Å². The molecule has 1 rings (SSSR count). The summed E-state index contributed by atoms with van der Waals surface area (Å²) in [4.78, 5) is 18.2. The Kier molecular flexibility index (Phi) is 5.44. The lowest BCUT2D eigenvalue weighted by Crippen LogP contribution is -2.28. The first-order chi connectivity index (χ1) is 8.86. The minimum Gasteiger partial charge on any atom is -0.396 e. The molecule has 0 saturated heterocycles. The van der Waals surface area contributed by atoms with E-state index in [1.807, 2.05) is 13.8 Å². The fourth-order valence-corrected chi connectivity index (χ4v) is 1.95. The molecule has 0 aliphatic rings. The maximum atomic E-state index is 11.1. The number of aliphatic hydroxyl groups is 1. The van der Waals surface area contributed by atoms with Gasteiger partial charge < -0.3 is 10.4 Å². The van der Waals surface area contributed by atoms with Gasteiger partial charge in [0.2, 0.25) is 11.1 Å². The van der Waals surface area contributed by atoms with Gasteiger partial charge in [-0.2, -0.15) is 4.98 Å². The van der Waals surface area contributed by atoms with Gasteiger partial charge in [-0.05, 0) is 30.9 Å². The van der Waals surface area contributed by atoms with Crippen molar-refractivity contribution < 1.29 is 10.0 Å². The summed E-state index contributed by atoms with van der Waals surface area (Å²) < 4.78 is 0. The lowest BCUT2D eigenvalue weighted by Gasteiger charge is -2.22. The molecule has 8 heteroatoms. The molecular weight excluding hydrogens is 272 g/mol. The average molecular weight is 289 g/mol. The highest BCUT2D eigenvalue weighted by atomic mass is 35.5. The molecule has 7 nitrogen and oxygen atoms in total. The average Bonchev–Trinajstić information content (AvgIpc) is 2.26. The molecule has 0 bridgehead atoms. The molecule has 0 aromatic carbocycles. The third kappa shape index (κ3) is 4.00. The van der Waals surface area contributed by atoms with Crippen LogP contribution in [0.5, 0.6) is 0 Å². The van der Waals surface area contributed by atoms with Gasteiger partial charge in [0.25, 0.3) is 0 Å². The van der Waals surface area contributed by atoms with Crippen LogP contribution in [0.25, 0.3) is 0 Å². The minimum atomic E-state index is -0.537. The summed E-state index contributed by atoms with van der Waals surface area (Å²) >= 11 is 5.73. The number of rotatable bonds is 6. The molecule has 0 saturated carbocycles. The van der Waals surface area contributed by atoms with E-state index in [0.29, 0.717) is 6.42 Å². The quantitative estimate of drug-likeness (QED) is 0.472. The van der Waals surface area contributed by atoms with E-state index in [1.165, 1.54) is 6.92 Å². The zero-order valence-electron chi connectivity index (χ0n) is 11.1. The molecule has 0 spiro atoms. The van der Waals surface area contributed by atoms with Crippen LogP contribution in [0.1, 0.15) is 26.0 Å². The Hall–Kier alpha value is -1.47. The Morgan fingerprint density at radius 3 is 2.58 bits per heavy atom. The van der Waals surface area contributed by atoms with Crippen LogP contribution >= 0.6 is 11.6 Å². The molecule has 1 unspecified atom stereocenters. The number of nitrogens with zero attached hydrogens (tertiary/aromatic N) is 3. The van der Waals surface area contributed by atoms with Gasteiger partial charge in [0.15, 0.2) is 0 Å². The first-order valence-corrected chi connectivity index (χ1v) is 6.30. The van der Waals surface area contributed by atoms with Crippen LogP contribution in [0.4, 0.5) is 11.5 Å². The Labute approximate surface area is 116 Å². The minimum absolute atomic E-state index is 0.0125. The fraction of sp³-hybridized carbons (Fsp3) is 0.636. The molecule has 0 radical (unpaired) electrons. The van der Waals surface area contributed by atoms with Crippen molar-refractivity contribution in [1.82, 2.24) is 9.97 Å². The maximum Gasteiger partial charge on any atom is 0.332 e. The van der Waals surface area contributed by atoms with E-state index in [0.717, 1.165) is 0 Å². The molecule has 0 fully saturated rings. The first kappa shape index (κ1) is 15.6. The van der Waals surface area contributed by atoms with E-state index < -0.39 is 4.92 Å². The Morgan fingerprint density at radius 1 is 1.47 bits per heavy atom. The molecule has 0 aliphatic carbocycles. The smallest absolute Gasteiger partial charge is 0.332 e. The van der Waals surface area contributed by atoms with E-state index in [4.69, 9.17) is 16.7 Å². The van der Waals surface area contributed by atoms with Crippen LogP contribution in [-0.4, -0.2) is 32.6 Å². The van der Waals surface area contributed by atoms with Crippen LogP contribution in [-0.2, 0) is 0 Å². The Balaban J connectivity index is 3.14. The molecule has 1 atom stereocenters. The monoisotopic (exact) mass is 288 g/mol. The molecule has 19 heavy (non-hydrogen) atoms. The van der Waals surface area contributed by atoms with E-state index in [1.54, 1.807) is 0 Å². The molecule has 0 amide bonds. The van der Waals surface area contributed by atoms with E-state index in [-0.39, 0.29) is 41.0 Å². The van der Waals surface area contributed by atoms with Crippen molar-refractivity contribution in [2.24, 2.45) is 5.92 Å². The number of aromatic nitrogens is 2. The van der Waals surface area contributed by atoms with Crippen LogP contribution in [0.15, 0.2) is 0 Å². The normalized spacial score (nSPS) is 12.5. The summed E-state index contributed by atoms with van der Waals surface area (Å²) in [5, 5.41) is 23.0. The third-order valence-electron chi connectivity index (χ3n) is 2.78. The van der Waals surface area contributed by atoms with E-state index in [2.05, 4.69) is 15.3 Å². The van der Waals surface area contributed by atoms with Gasteiger partial charge in [-0.3, -0.25) is 10.1 Å². The van der Waals surface area contributed by atoms with E-state index >= 15 is 0 Å². The predicted molar refractivity (Wildman–Crippen MR) is 72.4 cm³/mol. The van der Waals surface area contributed by atoms with Crippen LogP contribution in [0.3, 0.4) is 0 Å². The van der Waals surface area contributed by atoms with Gasteiger partial charge in [-0.15, -0.1) is 0 Å². The zero-order valence-corrected chi connectivity index (χ0v) is 11.8. The summed E-state index contributed by atoms with van der Waals surface area (Å²) in [7, 11) is 0. The Morgan fingerprint density at radius 2 is 2.11 bits per heavy atom. The van der Waals surface area contributed by atoms with Gasteiger partial charge in [-0.1, -0.05) is 13.8 Å². The largest absolute Gasteiger partial charge is 0.396 e. The highest BCUT2D eigenvalue weighted by Gasteiger charge is 2.24. The number of nitro groups is 1. The van der Waals surface area contributed by atoms with Crippen LogP contribution < -0.4 is 5.32 Å². The molecular formula is C11H17ClN4O3. The van der Waals surface area contributed by atoms with Crippen LogP contribution in [0, 0.1) is 23.0 Å². The van der Waals surface area contributed by atoms with Gasteiger partial charge >= 0.3 is 5.69 Å². The summed E-state index contributed by atoms with van der Waals surface area (Å²) in [6.07, 6.45) is 0.468. The highest BCUT2D eigenvalue weighted by Crippen LogP contribution is 2.28. The maximum absolute atomic E-state index is 11.1. The molecule has 2 N–H and O–H groups in total. The van der Waals surface area contributed by atoms with Crippen molar-refractivity contribution in [2.75, 3.05) is 11.9 Å². The van der Waals surface area contributed by atoms with Crippen molar-refractivity contribution in [3.63, 3.8) is 0 Å². The third-order valence-corrected chi connectivity index (χ3v) is 2.95. The van der Waals surface area contributed by atoms with E-state index in [9.17, 15) is 10.1 Å². The lowest BCUT2D eigenvalue weighted by atomic mass is 10.0. The summed E-state index contributed by atoms with van der Waals surface area (Å²) in [6.45, 7) is 5.40. The topological polar surface area (TPSA) is 101 Å². The number of nitrogens with one attached hydrogen (secondary N) is 1. The number of aryl methyl sites for hydroxylation is 1. The van der Waals surface area contributed by atoms with Crippen molar-refractivity contribution in [1.29, 1.82) is 0 Å². The SMILES string of the molecule is Cc1nc(Cl)nc(NC(CCO)C(C)C)c1[N+](=O)[O-]. The van der Waals surface area contributed by atoms with Gasteiger partial charge in [-0.25, -0.2) is 4.98 Å². The van der Waals surface area contributed by atoms with Gasteiger partial charge in [0, 0.05) is 12.6 Å². The Bertz CT molecular complexity index is 467. The van der Waals surface area contributed by atoms with Crippen molar-refractivity contribution in [2.45, 2.75) is 33.2 Å². The highest BCUT2D eigenvalue weighted by molar-refractivity contribution is 6.28. The molecule has 1 heterocycles. The van der Waals surface area contributed by atoms with Crippen molar-refractivity contribution in [3.8, 4) is 0 Å². The summed E-state index contributed by atoms with van der Waals surface area (Å²) in [5.74, 6) is 0.274. The van der Waals surface area contributed by atoms with Gasteiger partial charge in [0.1, 0.15) is 5.69 Å². The zero-order chi connectivity index (χ0) is 14.6. The molecule has 106 valence electrons. The van der Waals surface area contributed by atoms with Crippen molar-refractivity contribution >= 4 is 23.1 Å². The number of anilines is 1. The fourth-order valence-electron chi connectivity index (χ4n) is 1.74. The second kappa shape index (κ2) is 6.63. The summed E-state index contributed by atoms with van der Waals surface area (Å²) in [6, 6.07) is -0.130. The molecule has 1 aromatic heterocycles. The number of aliphatic hydroxyl groups excluding tert-OH is 1. The number of hydrogen-bond donors (Lipinski definition) is 2. The second-order valence-corrected chi connectivity index (χ2v) is 4.88. The molecule has 1 aromatic rings. The summed E-state index contributed by atoms with van der Waals surface area (Å²) in [5.41, 5.74) is 0.0204. The second-order valence-electron chi connectivity index (χ2n) is 4.54. The molecule has 0 aliphatic heterocycles. The van der Waals surface area contributed by atoms with Crippen LogP contribution in [0.2, 0.25) is 5.28 Å².